The Kier molecular flexibility index (Phi) is 3.20. The SMILES string of the molecule is CC1CCC(CN)(C2(O)CC3CCC(C2)N3)CC1. The van der Waals surface area contributed by atoms with E-state index in [4.69, 9.17) is 5.73 Å². The van der Waals surface area contributed by atoms with Gasteiger partial charge < -0.3 is 16.2 Å². The van der Waals surface area contributed by atoms with Crippen molar-refractivity contribution in [2.45, 2.75) is 76.0 Å². The molecular formula is C15H28N2O. The minimum Gasteiger partial charge on any atom is -0.389 e. The highest BCUT2D eigenvalue weighted by Crippen LogP contribution is 2.52. The van der Waals surface area contributed by atoms with Crippen LogP contribution < -0.4 is 11.1 Å². The average molecular weight is 252 g/mol. The molecule has 3 rings (SSSR count). The van der Waals surface area contributed by atoms with E-state index < -0.39 is 5.60 Å². The van der Waals surface area contributed by atoms with Gasteiger partial charge in [0.2, 0.25) is 0 Å². The van der Waals surface area contributed by atoms with Crippen LogP contribution in [0.2, 0.25) is 0 Å². The normalized spacial score (nSPS) is 52.5. The molecule has 18 heavy (non-hydrogen) atoms. The lowest BCUT2D eigenvalue weighted by Gasteiger charge is -2.53. The Labute approximate surface area is 111 Å². The summed E-state index contributed by atoms with van der Waals surface area (Å²) in [5.74, 6) is 0.812. The molecule has 0 aromatic heterocycles. The summed E-state index contributed by atoms with van der Waals surface area (Å²) in [5, 5.41) is 14.9. The Morgan fingerprint density at radius 3 is 2.17 bits per heavy atom. The summed E-state index contributed by atoms with van der Waals surface area (Å²) in [5.41, 5.74) is 5.63. The average Bonchev–Trinajstić information content (AvgIpc) is 2.70. The highest BCUT2D eigenvalue weighted by atomic mass is 16.3. The third-order valence-corrected chi connectivity index (χ3v) is 6.11. The molecule has 1 saturated carbocycles. The standard InChI is InChI=1S/C15H28N2O/c1-11-4-6-14(10-16,7-5-11)15(18)8-12-2-3-13(9-15)17-12/h11-13,17-18H,2-10,16H2,1H3. The highest BCUT2D eigenvalue weighted by Gasteiger charge is 2.55. The van der Waals surface area contributed by atoms with E-state index in [0.29, 0.717) is 18.6 Å². The molecule has 0 aromatic carbocycles. The summed E-state index contributed by atoms with van der Waals surface area (Å²) >= 11 is 0. The molecule has 2 atom stereocenters. The first-order chi connectivity index (χ1) is 8.57. The van der Waals surface area contributed by atoms with Gasteiger partial charge in [-0.25, -0.2) is 0 Å². The molecule has 3 aliphatic rings. The van der Waals surface area contributed by atoms with Crippen molar-refractivity contribution in [3.05, 3.63) is 0 Å². The maximum Gasteiger partial charge on any atom is 0.0745 e. The third-order valence-electron chi connectivity index (χ3n) is 6.11. The number of piperidine rings is 1. The lowest BCUT2D eigenvalue weighted by Crippen LogP contribution is -2.61. The van der Waals surface area contributed by atoms with E-state index in [1.54, 1.807) is 0 Å². The fourth-order valence-corrected chi connectivity index (χ4v) is 4.73. The number of hydrogen-bond acceptors (Lipinski definition) is 3. The van der Waals surface area contributed by atoms with Crippen LogP contribution in [0, 0.1) is 11.3 Å². The predicted molar refractivity (Wildman–Crippen MR) is 73.2 cm³/mol. The van der Waals surface area contributed by atoms with Crippen molar-refractivity contribution >= 4 is 0 Å². The van der Waals surface area contributed by atoms with Crippen LogP contribution >= 0.6 is 0 Å². The number of aliphatic hydroxyl groups is 1. The van der Waals surface area contributed by atoms with Crippen molar-refractivity contribution < 1.29 is 5.11 Å². The van der Waals surface area contributed by atoms with E-state index in [1.165, 1.54) is 25.7 Å². The lowest BCUT2D eigenvalue weighted by atomic mass is 9.58. The molecule has 4 N–H and O–H groups in total. The maximum absolute atomic E-state index is 11.3. The van der Waals surface area contributed by atoms with Crippen molar-refractivity contribution in [2.75, 3.05) is 6.54 Å². The Morgan fingerprint density at radius 1 is 1.11 bits per heavy atom. The van der Waals surface area contributed by atoms with Crippen molar-refractivity contribution in [1.29, 1.82) is 0 Å². The fraction of sp³-hybridized carbons (Fsp3) is 1.00. The number of hydrogen-bond donors (Lipinski definition) is 3. The van der Waals surface area contributed by atoms with Crippen LogP contribution in [0.5, 0.6) is 0 Å². The summed E-state index contributed by atoms with van der Waals surface area (Å²) < 4.78 is 0. The van der Waals surface area contributed by atoms with E-state index in [-0.39, 0.29) is 5.41 Å². The second-order valence-corrected chi connectivity index (χ2v) is 7.24. The lowest BCUT2D eigenvalue weighted by molar-refractivity contribution is -0.131. The van der Waals surface area contributed by atoms with Crippen molar-refractivity contribution in [1.82, 2.24) is 5.32 Å². The van der Waals surface area contributed by atoms with E-state index in [1.807, 2.05) is 0 Å². The van der Waals surface area contributed by atoms with Gasteiger partial charge in [-0.2, -0.15) is 0 Å². The van der Waals surface area contributed by atoms with Crippen LogP contribution in [0.3, 0.4) is 0 Å². The molecule has 2 unspecified atom stereocenters. The molecule has 104 valence electrons. The van der Waals surface area contributed by atoms with Gasteiger partial charge in [0.25, 0.3) is 0 Å². The minimum atomic E-state index is -0.501. The Bertz CT molecular complexity index is 298. The number of nitrogens with one attached hydrogen (secondary N) is 1. The number of nitrogens with two attached hydrogens (primary N) is 1. The zero-order valence-corrected chi connectivity index (χ0v) is 11.6. The van der Waals surface area contributed by atoms with Gasteiger partial charge in [0, 0.05) is 24.0 Å². The monoisotopic (exact) mass is 252 g/mol. The molecule has 1 aliphatic carbocycles. The molecule has 0 radical (unpaired) electrons. The molecule has 2 bridgehead atoms. The van der Waals surface area contributed by atoms with Crippen LogP contribution in [0.25, 0.3) is 0 Å². The van der Waals surface area contributed by atoms with Crippen LogP contribution in [0.15, 0.2) is 0 Å². The van der Waals surface area contributed by atoms with Crippen molar-refractivity contribution in [3.63, 3.8) is 0 Å². The summed E-state index contributed by atoms with van der Waals surface area (Å²) in [7, 11) is 0. The molecule has 3 nitrogen and oxygen atoms in total. The van der Waals surface area contributed by atoms with E-state index >= 15 is 0 Å². The zero-order chi connectivity index (χ0) is 12.8. The molecular weight excluding hydrogens is 224 g/mol. The van der Waals surface area contributed by atoms with Gasteiger partial charge in [0.1, 0.15) is 0 Å². The first kappa shape index (κ1) is 12.9. The maximum atomic E-state index is 11.3. The number of fused-ring (bicyclic) bond motifs is 2. The van der Waals surface area contributed by atoms with E-state index in [9.17, 15) is 5.11 Å². The summed E-state index contributed by atoms with van der Waals surface area (Å²) in [6.07, 6.45) is 9.06. The van der Waals surface area contributed by atoms with E-state index in [0.717, 1.165) is 31.6 Å². The largest absolute Gasteiger partial charge is 0.389 e. The van der Waals surface area contributed by atoms with Crippen LogP contribution in [-0.2, 0) is 0 Å². The molecule has 0 amide bonds. The van der Waals surface area contributed by atoms with Crippen LogP contribution in [-0.4, -0.2) is 29.3 Å². The highest BCUT2D eigenvalue weighted by molar-refractivity contribution is 5.09. The minimum absolute atomic E-state index is 0.00243. The molecule has 3 fully saturated rings. The molecule has 0 spiro atoms. The van der Waals surface area contributed by atoms with Gasteiger partial charge in [-0.1, -0.05) is 19.8 Å². The van der Waals surface area contributed by atoms with Gasteiger partial charge in [0.15, 0.2) is 0 Å². The van der Waals surface area contributed by atoms with Crippen LogP contribution in [0.1, 0.15) is 58.3 Å². The van der Waals surface area contributed by atoms with E-state index in [2.05, 4.69) is 12.2 Å². The van der Waals surface area contributed by atoms with Crippen LogP contribution in [0.4, 0.5) is 0 Å². The van der Waals surface area contributed by atoms with Gasteiger partial charge in [-0.05, 0) is 44.4 Å². The fourth-order valence-electron chi connectivity index (χ4n) is 4.73. The van der Waals surface area contributed by atoms with Gasteiger partial charge in [-0.15, -0.1) is 0 Å². The molecule has 2 heterocycles. The molecule has 2 saturated heterocycles. The first-order valence-corrected chi connectivity index (χ1v) is 7.75. The smallest absolute Gasteiger partial charge is 0.0745 e. The second kappa shape index (κ2) is 4.46. The summed E-state index contributed by atoms with van der Waals surface area (Å²) in [6, 6.07) is 1.08. The van der Waals surface area contributed by atoms with Gasteiger partial charge >= 0.3 is 0 Å². The Morgan fingerprint density at radius 2 is 1.67 bits per heavy atom. The van der Waals surface area contributed by atoms with Crippen molar-refractivity contribution in [3.8, 4) is 0 Å². The predicted octanol–water partition coefficient (Wildman–Crippen LogP) is 1.79. The third kappa shape index (κ3) is 1.91. The second-order valence-electron chi connectivity index (χ2n) is 7.24. The molecule has 3 heteroatoms. The quantitative estimate of drug-likeness (QED) is 0.702. The Hall–Kier alpha value is -0.120. The zero-order valence-electron chi connectivity index (χ0n) is 11.6. The number of rotatable bonds is 2. The summed E-state index contributed by atoms with van der Waals surface area (Å²) in [4.78, 5) is 0. The topological polar surface area (TPSA) is 58.3 Å². The Balaban J connectivity index is 1.82. The van der Waals surface area contributed by atoms with Gasteiger partial charge in [-0.3, -0.25) is 0 Å². The first-order valence-electron chi connectivity index (χ1n) is 7.75. The van der Waals surface area contributed by atoms with Gasteiger partial charge in [0.05, 0.1) is 5.60 Å². The van der Waals surface area contributed by atoms with Crippen molar-refractivity contribution in [2.24, 2.45) is 17.1 Å². The molecule has 0 aromatic rings. The summed E-state index contributed by atoms with van der Waals surface area (Å²) in [6.45, 7) is 2.99. The molecule has 2 aliphatic heterocycles.